The lowest BCUT2D eigenvalue weighted by Gasteiger charge is -2.23. The molecular formula is C14H17Br2N3. The summed E-state index contributed by atoms with van der Waals surface area (Å²) < 4.78 is 4.12. The highest BCUT2D eigenvalue weighted by molar-refractivity contribution is 9.10. The van der Waals surface area contributed by atoms with Gasteiger partial charge in [-0.25, -0.2) is 0 Å². The van der Waals surface area contributed by atoms with E-state index < -0.39 is 0 Å². The van der Waals surface area contributed by atoms with Gasteiger partial charge in [-0.1, -0.05) is 28.1 Å². The van der Waals surface area contributed by atoms with Gasteiger partial charge in [0.15, 0.2) is 0 Å². The van der Waals surface area contributed by atoms with Crippen molar-refractivity contribution in [3.8, 4) is 0 Å². The third-order valence-electron chi connectivity index (χ3n) is 3.21. The van der Waals surface area contributed by atoms with E-state index in [0.29, 0.717) is 0 Å². The molecule has 5 heteroatoms. The fraction of sp³-hybridized carbons (Fsp3) is 0.357. The molecule has 0 amide bonds. The predicted octanol–water partition coefficient (Wildman–Crippen LogP) is 3.96. The first-order valence-electron chi connectivity index (χ1n) is 6.14. The minimum atomic E-state index is -0.0222. The molecule has 1 aromatic carbocycles. The van der Waals surface area contributed by atoms with Crippen molar-refractivity contribution in [2.45, 2.75) is 32.9 Å². The third kappa shape index (κ3) is 2.93. The second-order valence-corrected chi connectivity index (χ2v) is 6.49. The van der Waals surface area contributed by atoms with Crippen LogP contribution in [0.2, 0.25) is 0 Å². The summed E-state index contributed by atoms with van der Waals surface area (Å²) in [5.41, 5.74) is 9.43. The largest absolute Gasteiger partial charge is 0.326 e. The Hall–Kier alpha value is -0.650. The Balaban J connectivity index is 2.51. The number of nitrogens with two attached hydrogens (primary N) is 1. The maximum atomic E-state index is 6.18. The van der Waals surface area contributed by atoms with E-state index in [0.717, 1.165) is 25.9 Å². The van der Waals surface area contributed by atoms with Gasteiger partial charge >= 0.3 is 0 Å². The van der Waals surface area contributed by atoms with Gasteiger partial charge in [0.05, 0.1) is 21.9 Å². The van der Waals surface area contributed by atoms with Crippen LogP contribution in [0.4, 0.5) is 0 Å². The van der Waals surface area contributed by atoms with Crippen LogP contribution in [-0.2, 0) is 0 Å². The Kier molecular flexibility index (Phi) is 4.48. The molecule has 1 aromatic heterocycles. The van der Waals surface area contributed by atoms with Gasteiger partial charge in [0.25, 0.3) is 0 Å². The molecule has 0 saturated heterocycles. The number of hydrogen-bond donors (Lipinski definition) is 1. The van der Waals surface area contributed by atoms with Crippen molar-refractivity contribution in [1.82, 2.24) is 9.78 Å². The summed E-state index contributed by atoms with van der Waals surface area (Å²) in [6.45, 7) is 6.06. The van der Waals surface area contributed by atoms with Crippen LogP contribution in [0.3, 0.4) is 0 Å². The van der Waals surface area contributed by atoms with Crippen LogP contribution in [0.25, 0.3) is 0 Å². The molecule has 0 saturated carbocycles. The summed E-state index contributed by atoms with van der Waals surface area (Å²) in [5.74, 6) is 0. The fourth-order valence-electron chi connectivity index (χ4n) is 2.24. The molecule has 102 valence electrons. The van der Waals surface area contributed by atoms with E-state index >= 15 is 0 Å². The van der Waals surface area contributed by atoms with E-state index in [2.05, 4.69) is 56.0 Å². The van der Waals surface area contributed by atoms with Crippen LogP contribution in [-0.4, -0.2) is 15.8 Å². The summed E-state index contributed by atoms with van der Waals surface area (Å²) in [4.78, 5) is 0. The van der Waals surface area contributed by atoms with Gasteiger partial charge in [0, 0.05) is 10.5 Å². The molecule has 0 spiro atoms. The smallest absolute Gasteiger partial charge is 0.0920 e. The second kappa shape index (κ2) is 5.77. The molecule has 0 aliphatic heterocycles. The third-order valence-corrected chi connectivity index (χ3v) is 4.89. The van der Waals surface area contributed by atoms with Crippen LogP contribution in [0.15, 0.2) is 33.2 Å². The molecule has 0 fully saturated rings. The van der Waals surface area contributed by atoms with E-state index in [1.54, 1.807) is 0 Å². The summed E-state index contributed by atoms with van der Waals surface area (Å²) in [7, 11) is 0. The molecule has 3 nitrogen and oxygen atoms in total. The average Bonchev–Trinajstić information content (AvgIpc) is 2.60. The van der Waals surface area contributed by atoms with Crippen molar-refractivity contribution in [3.05, 3.63) is 50.2 Å². The van der Waals surface area contributed by atoms with Gasteiger partial charge in [0.1, 0.15) is 0 Å². The van der Waals surface area contributed by atoms with Gasteiger partial charge < -0.3 is 5.73 Å². The second-order valence-electron chi connectivity index (χ2n) is 4.78. The molecule has 2 rings (SSSR count). The lowest BCUT2D eigenvalue weighted by atomic mass is 10.0. The fourth-order valence-corrected chi connectivity index (χ4v) is 2.77. The first-order valence-corrected chi connectivity index (χ1v) is 7.72. The molecule has 2 atom stereocenters. The van der Waals surface area contributed by atoms with Crippen LogP contribution in [0.5, 0.6) is 0 Å². The van der Waals surface area contributed by atoms with E-state index in [4.69, 9.17) is 5.73 Å². The van der Waals surface area contributed by atoms with Crippen molar-refractivity contribution in [1.29, 1.82) is 0 Å². The molecule has 19 heavy (non-hydrogen) atoms. The van der Waals surface area contributed by atoms with Crippen molar-refractivity contribution in [3.63, 3.8) is 0 Å². The van der Waals surface area contributed by atoms with Crippen molar-refractivity contribution in [2.75, 3.05) is 0 Å². The number of aryl methyl sites for hydroxylation is 1. The Bertz CT molecular complexity index is 573. The number of benzene rings is 1. The Morgan fingerprint density at radius 3 is 2.16 bits per heavy atom. The van der Waals surface area contributed by atoms with Gasteiger partial charge in [-0.3, -0.25) is 4.68 Å². The monoisotopic (exact) mass is 385 g/mol. The van der Waals surface area contributed by atoms with Gasteiger partial charge in [-0.15, -0.1) is 0 Å². The first kappa shape index (κ1) is 14.8. The zero-order chi connectivity index (χ0) is 14.2. The molecular weight excluding hydrogens is 370 g/mol. The lowest BCUT2D eigenvalue weighted by molar-refractivity contribution is 0.443. The SMILES string of the molecule is Cc1nn(C(c2ccc(Br)cc2)C(C)N)c(C)c1Br. The van der Waals surface area contributed by atoms with Gasteiger partial charge in [-0.2, -0.15) is 5.10 Å². The summed E-state index contributed by atoms with van der Waals surface area (Å²) in [6, 6.07) is 8.26. The minimum absolute atomic E-state index is 0.0222. The Labute approximate surface area is 130 Å². The standard InChI is InChI=1S/C14H17Br2N3/c1-8(17)14(11-4-6-12(15)7-5-11)19-10(3)13(16)9(2)18-19/h4-8,14H,17H2,1-3H3. The maximum Gasteiger partial charge on any atom is 0.0920 e. The summed E-state index contributed by atoms with van der Waals surface area (Å²) in [5, 5.41) is 4.61. The molecule has 0 radical (unpaired) electrons. The number of halogens is 2. The molecule has 1 heterocycles. The molecule has 0 aliphatic carbocycles. The van der Waals surface area contributed by atoms with Crippen molar-refractivity contribution < 1.29 is 0 Å². The normalized spacial score (nSPS) is 14.4. The molecule has 2 unspecified atom stereocenters. The lowest BCUT2D eigenvalue weighted by Crippen LogP contribution is -2.31. The molecule has 0 bridgehead atoms. The minimum Gasteiger partial charge on any atom is -0.326 e. The maximum absolute atomic E-state index is 6.18. The zero-order valence-corrected chi connectivity index (χ0v) is 14.4. The first-order chi connectivity index (χ1) is 8.91. The van der Waals surface area contributed by atoms with Crippen LogP contribution >= 0.6 is 31.9 Å². The van der Waals surface area contributed by atoms with Crippen molar-refractivity contribution in [2.24, 2.45) is 5.73 Å². The molecule has 2 aromatic rings. The highest BCUT2D eigenvalue weighted by Gasteiger charge is 2.22. The quantitative estimate of drug-likeness (QED) is 0.867. The zero-order valence-electron chi connectivity index (χ0n) is 11.2. The van der Waals surface area contributed by atoms with E-state index in [-0.39, 0.29) is 12.1 Å². The topological polar surface area (TPSA) is 43.8 Å². The number of aromatic nitrogens is 2. The number of nitrogens with zero attached hydrogens (tertiary/aromatic N) is 2. The summed E-state index contributed by atoms with van der Waals surface area (Å²) in [6.07, 6.45) is 0. The highest BCUT2D eigenvalue weighted by atomic mass is 79.9. The number of hydrogen-bond acceptors (Lipinski definition) is 2. The van der Waals surface area contributed by atoms with Crippen LogP contribution < -0.4 is 5.73 Å². The Morgan fingerprint density at radius 2 is 1.74 bits per heavy atom. The summed E-state index contributed by atoms with van der Waals surface area (Å²) >= 11 is 7.03. The van der Waals surface area contributed by atoms with Crippen molar-refractivity contribution >= 4 is 31.9 Å². The van der Waals surface area contributed by atoms with Gasteiger partial charge in [0.2, 0.25) is 0 Å². The number of rotatable bonds is 3. The highest BCUT2D eigenvalue weighted by Crippen LogP contribution is 2.28. The van der Waals surface area contributed by atoms with E-state index in [1.807, 2.05) is 30.7 Å². The molecule has 2 N–H and O–H groups in total. The van der Waals surface area contributed by atoms with Gasteiger partial charge in [-0.05, 0) is 54.4 Å². The Morgan fingerprint density at radius 1 is 1.16 bits per heavy atom. The van der Waals surface area contributed by atoms with Crippen LogP contribution in [0, 0.1) is 13.8 Å². The van der Waals surface area contributed by atoms with E-state index in [1.165, 1.54) is 0 Å². The average molecular weight is 387 g/mol. The predicted molar refractivity (Wildman–Crippen MR) is 85.3 cm³/mol. The van der Waals surface area contributed by atoms with Crippen LogP contribution in [0.1, 0.15) is 29.9 Å². The van der Waals surface area contributed by atoms with E-state index in [9.17, 15) is 0 Å². The molecule has 0 aliphatic rings.